The molecule has 5 heteroatoms. The average Bonchev–Trinajstić information content (AvgIpc) is 2.98. The van der Waals surface area contributed by atoms with Crippen molar-refractivity contribution in [3.63, 3.8) is 0 Å². The number of benzene rings is 1. The quantitative estimate of drug-likeness (QED) is 0.868. The molecule has 0 spiro atoms. The van der Waals surface area contributed by atoms with Gasteiger partial charge >= 0.3 is 6.01 Å². The van der Waals surface area contributed by atoms with Gasteiger partial charge < -0.3 is 14.2 Å². The van der Waals surface area contributed by atoms with E-state index in [1.807, 2.05) is 12.1 Å². The molecule has 112 valence electrons. The maximum atomic E-state index is 5.92. The Kier molecular flexibility index (Phi) is 3.92. The highest BCUT2D eigenvalue weighted by atomic mass is 16.5. The Morgan fingerprint density at radius 2 is 2.10 bits per heavy atom. The van der Waals surface area contributed by atoms with Crippen LogP contribution in [0.3, 0.4) is 0 Å². The van der Waals surface area contributed by atoms with Crippen LogP contribution in [0.4, 0.5) is 6.01 Å². The molecule has 0 aliphatic carbocycles. The van der Waals surface area contributed by atoms with Crippen LogP contribution in [0.15, 0.2) is 28.8 Å². The van der Waals surface area contributed by atoms with Gasteiger partial charge in [0.25, 0.3) is 0 Å². The van der Waals surface area contributed by atoms with Gasteiger partial charge in [-0.25, -0.2) is 0 Å². The molecule has 1 aromatic carbocycles. The van der Waals surface area contributed by atoms with Crippen molar-refractivity contribution in [2.45, 2.75) is 32.8 Å². The van der Waals surface area contributed by atoms with Gasteiger partial charge in [-0.2, -0.15) is 4.98 Å². The fraction of sp³-hybridized carbons (Fsp3) is 0.500. The summed E-state index contributed by atoms with van der Waals surface area (Å²) >= 11 is 0. The Balaban J connectivity index is 1.78. The smallest absolute Gasteiger partial charge is 0.324 e. The summed E-state index contributed by atoms with van der Waals surface area (Å²) in [7, 11) is 0. The zero-order chi connectivity index (χ0) is 14.8. The Labute approximate surface area is 124 Å². The first kappa shape index (κ1) is 14.1. The lowest BCUT2D eigenvalue weighted by atomic mass is 10.0. The summed E-state index contributed by atoms with van der Waals surface area (Å²) in [6, 6.07) is 8.93. The fourth-order valence-electron chi connectivity index (χ4n) is 2.55. The number of ether oxygens (including phenoxy) is 1. The molecule has 1 aliphatic rings. The molecule has 1 aliphatic heterocycles. The highest BCUT2D eigenvalue weighted by Gasteiger charge is 2.26. The first-order valence-electron chi connectivity index (χ1n) is 7.41. The van der Waals surface area contributed by atoms with E-state index in [2.05, 4.69) is 47.9 Å². The topological polar surface area (TPSA) is 51.4 Å². The molecule has 0 amide bonds. The van der Waals surface area contributed by atoms with Gasteiger partial charge in [0.15, 0.2) is 5.82 Å². The van der Waals surface area contributed by atoms with E-state index in [1.165, 1.54) is 11.1 Å². The lowest BCUT2D eigenvalue weighted by Gasteiger charge is -2.32. The first-order chi connectivity index (χ1) is 10.1. The van der Waals surface area contributed by atoms with Gasteiger partial charge in [0.1, 0.15) is 6.10 Å². The number of nitrogens with zero attached hydrogens (tertiary/aromatic N) is 3. The fourth-order valence-corrected chi connectivity index (χ4v) is 2.55. The van der Waals surface area contributed by atoms with Crippen LogP contribution < -0.4 is 4.90 Å². The minimum absolute atomic E-state index is 0.0503. The summed E-state index contributed by atoms with van der Waals surface area (Å²) < 4.78 is 11.3. The molecule has 21 heavy (non-hydrogen) atoms. The predicted octanol–water partition coefficient (Wildman–Crippen LogP) is 3.08. The van der Waals surface area contributed by atoms with Crippen LogP contribution in [0.2, 0.25) is 0 Å². The van der Waals surface area contributed by atoms with Crippen molar-refractivity contribution >= 4 is 6.01 Å². The molecule has 5 nitrogen and oxygen atoms in total. The standard InChI is InChI=1S/C16H21N3O2/c1-11(2)15-17-16(21-18-15)19-8-9-20-14(10-19)13-7-5-4-6-12(13)3/h4-7,11,14H,8-10H2,1-3H3. The van der Waals surface area contributed by atoms with Crippen LogP contribution in [0.1, 0.15) is 42.8 Å². The Morgan fingerprint density at radius 3 is 2.81 bits per heavy atom. The number of anilines is 1. The van der Waals surface area contributed by atoms with Gasteiger partial charge in [0.2, 0.25) is 0 Å². The van der Waals surface area contributed by atoms with Crippen molar-refractivity contribution in [1.82, 2.24) is 10.1 Å². The van der Waals surface area contributed by atoms with Gasteiger partial charge in [0.05, 0.1) is 13.2 Å². The van der Waals surface area contributed by atoms with Crippen molar-refractivity contribution < 1.29 is 9.26 Å². The molecule has 0 radical (unpaired) electrons. The minimum atomic E-state index is 0.0503. The zero-order valence-corrected chi connectivity index (χ0v) is 12.7. The van der Waals surface area contributed by atoms with E-state index in [1.54, 1.807) is 0 Å². The van der Waals surface area contributed by atoms with Crippen molar-refractivity contribution in [3.8, 4) is 0 Å². The second-order valence-electron chi connectivity index (χ2n) is 5.75. The highest BCUT2D eigenvalue weighted by Crippen LogP contribution is 2.27. The van der Waals surface area contributed by atoms with Crippen LogP contribution in [0, 0.1) is 6.92 Å². The van der Waals surface area contributed by atoms with Gasteiger partial charge in [-0.15, -0.1) is 0 Å². The third-order valence-corrected chi connectivity index (χ3v) is 3.82. The summed E-state index contributed by atoms with van der Waals surface area (Å²) in [6.45, 7) is 8.42. The summed E-state index contributed by atoms with van der Waals surface area (Å²) in [4.78, 5) is 6.59. The normalized spacial score (nSPS) is 19.2. The lowest BCUT2D eigenvalue weighted by molar-refractivity contribution is 0.0373. The predicted molar refractivity (Wildman–Crippen MR) is 80.5 cm³/mol. The zero-order valence-electron chi connectivity index (χ0n) is 12.7. The number of rotatable bonds is 3. The molecular weight excluding hydrogens is 266 g/mol. The van der Waals surface area contributed by atoms with Gasteiger partial charge in [-0.1, -0.05) is 43.3 Å². The molecule has 0 N–H and O–H groups in total. The number of aromatic nitrogens is 2. The van der Waals surface area contributed by atoms with E-state index >= 15 is 0 Å². The molecule has 1 aromatic heterocycles. The van der Waals surface area contributed by atoms with Crippen LogP contribution >= 0.6 is 0 Å². The Hall–Kier alpha value is -1.88. The van der Waals surface area contributed by atoms with Gasteiger partial charge in [-0.05, 0) is 18.1 Å². The molecule has 1 fully saturated rings. The third-order valence-electron chi connectivity index (χ3n) is 3.82. The molecule has 2 heterocycles. The van der Waals surface area contributed by atoms with Gasteiger partial charge in [0, 0.05) is 12.5 Å². The summed E-state index contributed by atoms with van der Waals surface area (Å²) in [5, 5.41) is 4.04. The largest absolute Gasteiger partial charge is 0.370 e. The van der Waals surface area contributed by atoms with Crippen molar-refractivity contribution in [2.24, 2.45) is 0 Å². The summed E-state index contributed by atoms with van der Waals surface area (Å²) in [6.07, 6.45) is 0.0503. The third kappa shape index (κ3) is 2.93. The van der Waals surface area contributed by atoms with Crippen LogP contribution in [0.25, 0.3) is 0 Å². The number of morpholine rings is 1. The molecule has 3 rings (SSSR count). The maximum Gasteiger partial charge on any atom is 0.324 e. The molecule has 2 aromatic rings. The summed E-state index contributed by atoms with van der Waals surface area (Å²) in [5.74, 6) is 1.03. The van der Waals surface area contributed by atoms with Crippen molar-refractivity contribution in [2.75, 3.05) is 24.6 Å². The van der Waals surface area contributed by atoms with E-state index in [0.29, 0.717) is 12.6 Å². The van der Waals surface area contributed by atoms with E-state index in [-0.39, 0.29) is 12.0 Å². The SMILES string of the molecule is Cc1ccccc1C1CN(c2nc(C(C)C)no2)CCO1. The molecule has 1 atom stereocenters. The second kappa shape index (κ2) is 5.85. The first-order valence-corrected chi connectivity index (χ1v) is 7.41. The maximum absolute atomic E-state index is 5.92. The Morgan fingerprint density at radius 1 is 1.29 bits per heavy atom. The Bertz CT molecular complexity index is 609. The lowest BCUT2D eigenvalue weighted by Crippen LogP contribution is -2.38. The molecule has 1 unspecified atom stereocenters. The molecule has 0 saturated carbocycles. The van der Waals surface area contributed by atoms with Crippen LogP contribution in [-0.4, -0.2) is 29.8 Å². The van der Waals surface area contributed by atoms with Crippen LogP contribution in [0.5, 0.6) is 0 Å². The molecule has 0 bridgehead atoms. The van der Waals surface area contributed by atoms with Gasteiger partial charge in [-0.3, -0.25) is 0 Å². The molecular formula is C16H21N3O2. The summed E-state index contributed by atoms with van der Waals surface area (Å²) in [5.41, 5.74) is 2.48. The molecule has 1 saturated heterocycles. The van der Waals surface area contributed by atoms with E-state index in [0.717, 1.165) is 18.9 Å². The van der Waals surface area contributed by atoms with E-state index in [4.69, 9.17) is 9.26 Å². The van der Waals surface area contributed by atoms with Crippen molar-refractivity contribution in [3.05, 3.63) is 41.2 Å². The average molecular weight is 287 g/mol. The monoisotopic (exact) mass is 287 g/mol. The highest BCUT2D eigenvalue weighted by molar-refractivity contribution is 5.33. The minimum Gasteiger partial charge on any atom is -0.370 e. The number of aryl methyl sites for hydroxylation is 1. The van der Waals surface area contributed by atoms with E-state index < -0.39 is 0 Å². The second-order valence-corrected chi connectivity index (χ2v) is 5.75. The number of hydrogen-bond donors (Lipinski definition) is 0. The van der Waals surface area contributed by atoms with Crippen LogP contribution in [-0.2, 0) is 4.74 Å². The van der Waals surface area contributed by atoms with Crippen molar-refractivity contribution in [1.29, 1.82) is 0 Å². The van der Waals surface area contributed by atoms with E-state index in [9.17, 15) is 0 Å². The number of hydrogen-bond acceptors (Lipinski definition) is 5.